The minimum absolute atomic E-state index is 0.0547. The lowest BCUT2D eigenvalue weighted by Gasteiger charge is -2.18. The zero-order valence-electron chi connectivity index (χ0n) is 31.3. The second kappa shape index (κ2) is 35.6. The third-order valence-electron chi connectivity index (χ3n) is 7.49. The molecular weight excluding hydrogens is 667 g/mol. The van der Waals surface area contributed by atoms with Crippen LogP contribution < -0.4 is 0 Å². The van der Waals surface area contributed by atoms with E-state index in [9.17, 15) is 19.3 Å². The third kappa shape index (κ3) is 38.3. The number of esters is 2. The van der Waals surface area contributed by atoms with Gasteiger partial charge in [-0.1, -0.05) is 137 Å². The molecule has 0 aromatic heterocycles. The van der Waals surface area contributed by atoms with Gasteiger partial charge in [0, 0.05) is 12.8 Å². The van der Waals surface area contributed by atoms with E-state index in [-0.39, 0.29) is 19.4 Å². The summed E-state index contributed by atoms with van der Waals surface area (Å²) in [7, 11) is -4.80. The molecule has 290 valence electrons. The molecule has 2 atom stereocenters. The van der Waals surface area contributed by atoms with Crippen LogP contribution in [-0.2, 0) is 28.2 Å². The molecule has 0 aliphatic heterocycles. The second-order valence-corrected chi connectivity index (χ2v) is 13.6. The van der Waals surface area contributed by atoms with Gasteiger partial charge in [-0.25, -0.2) is 4.57 Å². The summed E-state index contributed by atoms with van der Waals surface area (Å²) >= 11 is 0. The van der Waals surface area contributed by atoms with Crippen LogP contribution >= 0.6 is 7.82 Å². The Morgan fingerprint density at radius 1 is 0.627 bits per heavy atom. The van der Waals surface area contributed by atoms with Crippen LogP contribution in [0.4, 0.5) is 0 Å². The maximum atomic E-state index is 12.3. The summed E-state index contributed by atoms with van der Waals surface area (Å²) < 4.78 is 26.2. The van der Waals surface area contributed by atoms with Crippen LogP contribution in [0.3, 0.4) is 0 Å². The topological polar surface area (TPSA) is 140 Å². The highest BCUT2D eigenvalue weighted by Crippen LogP contribution is 2.35. The van der Waals surface area contributed by atoms with E-state index in [1.165, 1.54) is 25.7 Å². The molecule has 0 saturated heterocycles. The lowest BCUT2D eigenvalue weighted by molar-refractivity contribution is -0.161. The number of aliphatic hydroxyl groups excluding tert-OH is 1. The molecule has 0 bridgehead atoms. The Balaban J connectivity index is 4.23. The Morgan fingerprint density at radius 2 is 1.22 bits per heavy atom. The summed E-state index contributed by atoms with van der Waals surface area (Å²) in [5.74, 6) is -1.09. The highest BCUT2D eigenvalue weighted by molar-refractivity contribution is 7.46. The molecule has 0 aliphatic rings. The van der Waals surface area contributed by atoms with E-state index < -0.39 is 38.6 Å². The van der Waals surface area contributed by atoms with E-state index in [1.807, 2.05) is 12.2 Å². The SMILES string of the molecule is CC/C=C\C/C=C\C/C=C\C/C=C\C=C/C(O)C/C=C\CCC(=O)OC[C@H](COP(=O)(O)O)OC(=O)CCCCCCC/C=C\CCCCCC. The predicted molar refractivity (Wildman–Crippen MR) is 208 cm³/mol. The minimum atomic E-state index is -4.80. The first kappa shape index (κ1) is 48.2. The van der Waals surface area contributed by atoms with Gasteiger partial charge in [-0.3, -0.25) is 14.1 Å². The zero-order valence-corrected chi connectivity index (χ0v) is 32.2. The van der Waals surface area contributed by atoms with Crippen molar-refractivity contribution in [1.82, 2.24) is 0 Å². The number of allylic oxidation sites excluding steroid dienone is 12. The largest absolute Gasteiger partial charge is 0.469 e. The number of hydrogen-bond donors (Lipinski definition) is 3. The number of ether oxygens (including phenoxy) is 2. The van der Waals surface area contributed by atoms with Gasteiger partial charge in [0.25, 0.3) is 0 Å². The molecule has 9 nitrogen and oxygen atoms in total. The van der Waals surface area contributed by atoms with Crippen molar-refractivity contribution in [3.8, 4) is 0 Å². The lowest BCUT2D eigenvalue weighted by atomic mass is 10.1. The molecule has 0 aromatic rings. The number of phosphoric ester groups is 1. The molecule has 51 heavy (non-hydrogen) atoms. The zero-order chi connectivity index (χ0) is 37.7. The number of unbranched alkanes of at least 4 members (excludes halogenated alkanes) is 9. The Bertz CT molecular complexity index is 1110. The Hall–Kier alpha value is -2.81. The minimum Gasteiger partial charge on any atom is -0.462 e. The Labute approximate surface area is 308 Å². The van der Waals surface area contributed by atoms with Gasteiger partial charge in [-0.05, 0) is 70.6 Å². The summed E-state index contributed by atoms with van der Waals surface area (Å²) in [6.07, 6.45) is 43.4. The summed E-state index contributed by atoms with van der Waals surface area (Å²) in [6.45, 7) is 3.37. The third-order valence-corrected chi connectivity index (χ3v) is 7.98. The van der Waals surface area contributed by atoms with E-state index in [1.54, 1.807) is 24.3 Å². The molecule has 0 aromatic carbocycles. The van der Waals surface area contributed by atoms with E-state index in [0.29, 0.717) is 19.3 Å². The molecule has 0 fully saturated rings. The quantitative estimate of drug-likeness (QED) is 0.0198. The first-order chi connectivity index (χ1) is 24.7. The summed E-state index contributed by atoms with van der Waals surface area (Å²) in [6, 6.07) is 0. The summed E-state index contributed by atoms with van der Waals surface area (Å²) in [5.41, 5.74) is 0. The van der Waals surface area contributed by atoms with Crippen molar-refractivity contribution >= 4 is 19.8 Å². The number of carbonyl (C=O) groups is 2. The number of carbonyl (C=O) groups excluding carboxylic acids is 2. The van der Waals surface area contributed by atoms with Crippen molar-refractivity contribution < 1.29 is 43.0 Å². The molecule has 0 amide bonds. The summed E-state index contributed by atoms with van der Waals surface area (Å²) in [4.78, 5) is 42.7. The fourth-order valence-corrected chi connectivity index (χ4v) is 5.01. The van der Waals surface area contributed by atoms with Gasteiger partial charge in [0.2, 0.25) is 0 Å². The Morgan fingerprint density at radius 3 is 1.86 bits per heavy atom. The fourth-order valence-electron chi connectivity index (χ4n) is 4.65. The fraction of sp³-hybridized carbons (Fsp3) is 0.610. The highest BCUT2D eigenvalue weighted by Gasteiger charge is 2.22. The van der Waals surface area contributed by atoms with Crippen LogP contribution in [0, 0.1) is 0 Å². The maximum absolute atomic E-state index is 12.3. The molecule has 0 spiro atoms. The molecule has 0 aliphatic carbocycles. The van der Waals surface area contributed by atoms with E-state index in [2.05, 4.69) is 67.0 Å². The van der Waals surface area contributed by atoms with Gasteiger partial charge in [-0.15, -0.1) is 0 Å². The highest BCUT2D eigenvalue weighted by atomic mass is 31.2. The summed E-state index contributed by atoms with van der Waals surface area (Å²) in [5, 5.41) is 10.1. The molecule has 0 heterocycles. The normalized spacial score (nSPS) is 14.1. The van der Waals surface area contributed by atoms with Crippen LogP contribution in [0.15, 0.2) is 85.1 Å². The van der Waals surface area contributed by atoms with Crippen molar-refractivity contribution in [1.29, 1.82) is 0 Å². The second-order valence-electron chi connectivity index (χ2n) is 12.4. The van der Waals surface area contributed by atoms with Gasteiger partial charge in [0.05, 0.1) is 12.7 Å². The first-order valence-corrected chi connectivity index (χ1v) is 20.5. The lowest BCUT2D eigenvalue weighted by Crippen LogP contribution is -2.29. The molecule has 10 heteroatoms. The van der Waals surface area contributed by atoms with Crippen molar-refractivity contribution in [2.24, 2.45) is 0 Å². The molecule has 3 N–H and O–H groups in total. The molecular formula is C41H67O9P. The van der Waals surface area contributed by atoms with Crippen molar-refractivity contribution in [3.05, 3.63) is 85.1 Å². The Kier molecular flexibility index (Phi) is 33.6. The van der Waals surface area contributed by atoms with Gasteiger partial charge in [-0.2, -0.15) is 0 Å². The monoisotopic (exact) mass is 734 g/mol. The van der Waals surface area contributed by atoms with Crippen LogP contribution in [-0.4, -0.2) is 52.3 Å². The van der Waals surface area contributed by atoms with Crippen molar-refractivity contribution in [2.75, 3.05) is 13.2 Å². The number of phosphoric acid groups is 1. The van der Waals surface area contributed by atoms with E-state index >= 15 is 0 Å². The van der Waals surface area contributed by atoms with Crippen LogP contribution in [0.1, 0.15) is 136 Å². The predicted octanol–water partition coefficient (Wildman–Crippen LogP) is 10.3. The first-order valence-electron chi connectivity index (χ1n) is 19.0. The smallest absolute Gasteiger partial charge is 0.462 e. The molecule has 0 radical (unpaired) electrons. The molecule has 0 saturated carbocycles. The number of rotatable bonds is 33. The average molecular weight is 735 g/mol. The van der Waals surface area contributed by atoms with Crippen LogP contribution in [0.25, 0.3) is 0 Å². The standard InChI is InChI=1S/C41H67O9P/c1-3-5-7-9-11-13-15-17-19-21-23-25-28-32-38(42)33-29-27-31-34-40(43)48-36-39(37-49-51(45,46)47)50-41(44)35-30-26-24-22-20-18-16-14-12-10-8-6-4-2/h5,7,11,13-14,16-17,19,23,25,27-29,32,38-39,42H,3-4,6,8-10,12,15,18,20-22,24,26,30-31,33-37H2,1-2H3,(H2,45,46,47)/b7-5-,13-11-,16-14-,19-17-,25-23-,29-27-,32-28-/t38?,39-/m1/s1. The maximum Gasteiger partial charge on any atom is 0.469 e. The van der Waals surface area contributed by atoms with Gasteiger partial charge < -0.3 is 24.4 Å². The van der Waals surface area contributed by atoms with E-state index in [4.69, 9.17) is 19.3 Å². The van der Waals surface area contributed by atoms with Gasteiger partial charge in [0.1, 0.15) is 6.61 Å². The van der Waals surface area contributed by atoms with Crippen LogP contribution in [0.5, 0.6) is 0 Å². The molecule has 1 unspecified atom stereocenters. The van der Waals surface area contributed by atoms with Crippen molar-refractivity contribution in [3.63, 3.8) is 0 Å². The van der Waals surface area contributed by atoms with Crippen molar-refractivity contribution in [2.45, 2.75) is 148 Å². The van der Waals surface area contributed by atoms with Gasteiger partial charge >= 0.3 is 19.8 Å². The average Bonchev–Trinajstić information content (AvgIpc) is 3.09. The van der Waals surface area contributed by atoms with Gasteiger partial charge in [0.15, 0.2) is 6.10 Å². The van der Waals surface area contributed by atoms with E-state index in [0.717, 1.165) is 64.2 Å². The molecule has 0 rings (SSSR count). The van der Waals surface area contributed by atoms with Crippen LogP contribution in [0.2, 0.25) is 0 Å². The number of hydrogen-bond acceptors (Lipinski definition) is 7. The number of aliphatic hydroxyl groups is 1.